The van der Waals surface area contributed by atoms with E-state index in [-0.39, 0.29) is 11.5 Å². The molecule has 0 aliphatic heterocycles. The topological polar surface area (TPSA) is 52.8 Å². The van der Waals surface area contributed by atoms with Crippen LogP contribution < -0.4 is 0 Å². The van der Waals surface area contributed by atoms with Crippen molar-refractivity contribution >= 4 is 5.71 Å². The van der Waals surface area contributed by atoms with Gasteiger partial charge in [0.15, 0.2) is 0 Å². The van der Waals surface area contributed by atoms with Crippen molar-refractivity contribution in [2.45, 2.75) is 71.3 Å². The number of hydrogen-bond acceptors (Lipinski definition) is 3. The average Bonchev–Trinajstić information content (AvgIpc) is 2.84. The van der Waals surface area contributed by atoms with Crippen LogP contribution in [-0.2, 0) is 0 Å². The normalized spacial score (nSPS) is 52.7. The monoisotopic (exact) mass is 303 g/mol. The van der Waals surface area contributed by atoms with Crippen LogP contribution in [0.25, 0.3) is 0 Å². The molecule has 4 rings (SSSR count). The van der Waals surface area contributed by atoms with Crippen molar-refractivity contribution in [2.75, 3.05) is 0 Å². The van der Waals surface area contributed by atoms with Gasteiger partial charge in [0.05, 0.1) is 11.8 Å². The molecular formula is C19H29NO2. The van der Waals surface area contributed by atoms with Gasteiger partial charge >= 0.3 is 0 Å². The van der Waals surface area contributed by atoms with Crippen LogP contribution in [0.15, 0.2) is 16.8 Å². The van der Waals surface area contributed by atoms with Crippen molar-refractivity contribution in [3.63, 3.8) is 0 Å². The number of hydrogen-bond donors (Lipinski definition) is 2. The lowest BCUT2D eigenvalue weighted by atomic mass is 9.48. The molecule has 1 unspecified atom stereocenters. The Morgan fingerprint density at radius 3 is 2.59 bits per heavy atom. The maximum Gasteiger partial charge on any atom is 0.0632 e. The molecule has 0 bridgehead atoms. The quantitative estimate of drug-likeness (QED) is 0.401. The lowest BCUT2D eigenvalue weighted by Crippen LogP contribution is -2.50. The van der Waals surface area contributed by atoms with E-state index in [0.29, 0.717) is 11.3 Å². The standard InChI is InChI=1S/C19H29NO2/c1-18-9-7-13(21)11-12(18)3-4-14-15-5-6-17(20-22)19(15,2)10-8-16(14)18/h3,13-16,21-22H,4-11H2,1-2H3/t13?,14-,15-,16-,18-,19-/m0/s1. The summed E-state index contributed by atoms with van der Waals surface area (Å²) in [5.74, 6) is 2.18. The Bertz CT molecular complexity index is 540. The molecule has 0 aromatic carbocycles. The summed E-state index contributed by atoms with van der Waals surface area (Å²) in [4.78, 5) is 0. The summed E-state index contributed by atoms with van der Waals surface area (Å²) in [5.41, 5.74) is 3.02. The number of rotatable bonds is 0. The summed E-state index contributed by atoms with van der Waals surface area (Å²) < 4.78 is 0. The van der Waals surface area contributed by atoms with E-state index >= 15 is 0 Å². The van der Waals surface area contributed by atoms with E-state index in [1.807, 2.05) is 0 Å². The molecule has 3 nitrogen and oxygen atoms in total. The number of fused-ring (bicyclic) bond motifs is 5. The minimum atomic E-state index is -0.121. The second-order valence-electron chi connectivity index (χ2n) is 8.70. The van der Waals surface area contributed by atoms with Gasteiger partial charge in [-0.1, -0.05) is 30.7 Å². The fourth-order valence-electron chi connectivity index (χ4n) is 6.59. The molecule has 3 fully saturated rings. The second kappa shape index (κ2) is 4.83. The van der Waals surface area contributed by atoms with Crippen molar-refractivity contribution in [1.82, 2.24) is 0 Å². The third-order valence-electron chi connectivity index (χ3n) is 7.94. The molecule has 4 aliphatic rings. The van der Waals surface area contributed by atoms with E-state index in [1.165, 1.54) is 31.3 Å². The van der Waals surface area contributed by atoms with Crippen LogP contribution in [0.2, 0.25) is 0 Å². The van der Waals surface area contributed by atoms with Crippen LogP contribution in [0.5, 0.6) is 0 Å². The SMILES string of the molecule is C[C@]12CCC(O)CC1=CC[C@@H]1[C@@H]2CC[C@]2(C)C(=NO)CC[C@@H]12. The first-order chi connectivity index (χ1) is 10.5. The Labute approximate surface area is 133 Å². The van der Waals surface area contributed by atoms with Gasteiger partial charge in [0.2, 0.25) is 0 Å². The molecule has 4 aliphatic carbocycles. The van der Waals surface area contributed by atoms with Crippen LogP contribution in [0.1, 0.15) is 65.2 Å². The molecule has 0 saturated heterocycles. The minimum Gasteiger partial charge on any atom is -0.411 e. The van der Waals surface area contributed by atoms with Crippen molar-refractivity contribution in [1.29, 1.82) is 0 Å². The zero-order valence-corrected chi connectivity index (χ0v) is 13.9. The summed E-state index contributed by atoms with van der Waals surface area (Å²) in [6, 6.07) is 0. The Morgan fingerprint density at radius 2 is 1.82 bits per heavy atom. The zero-order valence-electron chi connectivity index (χ0n) is 13.9. The van der Waals surface area contributed by atoms with E-state index < -0.39 is 0 Å². The summed E-state index contributed by atoms with van der Waals surface area (Å²) in [7, 11) is 0. The van der Waals surface area contributed by atoms with E-state index in [1.54, 1.807) is 0 Å². The third kappa shape index (κ3) is 1.81. The molecule has 6 atom stereocenters. The van der Waals surface area contributed by atoms with Gasteiger partial charge in [-0.05, 0) is 74.5 Å². The smallest absolute Gasteiger partial charge is 0.0632 e. The van der Waals surface area contributed by atoms with Crippen LogP contribution in [0, 0.1) is 28.6 Å². The maximum absolute atomic E-state index is 10.0. The number of aliphatic hydroxyl groups excluding tert-OH is 1. The van der Waals surface area contributed by atoms with Gasteiger partial charge in [-0.25, -0.2) is 0 Å². The van der Waals surface area contributed by atoms with Gasteiger partial charge in [0, 0.05) is 5.41 Å². The summed E-state index contributed by atoms with van der Waals surface area (Å²) in [5, 5.41) is 23.1. The molecule has 0 aromatic heterocycles. The van der Waals surface area contributed by atoms with Gasteiger partial charge in [-0.2, -0.15) is 0 Å². The highest BCUT2D eigenvalue weighted by atomic mass is 16.4. The first-order valence-corrected chi connectivity index (χ1v) is 9.08. The van der Waals surface area contributed by atoms with Gasteiger partial charge in [0.25, 0.3) is 0 Å². The Balaban J connectivity index is 1.69. The van der Waals surface area contributed by atoms with Crippen LogP contribution in [0.4, 0.5) is 0 Å². The number of allylic oxidation sites excluding steroid dienone is 1. The third-order valence-corrected chi connectivity index (χ3v) is 7.94. The van der Waals surface area contributed by atoms with E-state index in [2.05, 4.69) is 25.1 Å². The fraction of sp³-hybridized carbons (Fsp3) is 0.842. The van der Waals surface area contributed by atoms with Gasteiger partial charge in [0.1, 0.15) is 0 Å². The molecule has 3 saturated carbocycles. The Morgan fingerprint density at radius 1 is 1.09 bits per heavy atom. The zero-order chi connectivity index (χ0) is 15.5. The molecule has 0 radical (unpaired) electrons. The highest BCUT2D eigenvalue weighted by molar-refractivity contribution is 5.92. The van der Waals surface area contributed by atoms with Crippen LogP contribution in [0.3, 0.4) is 0 Å². The highest BCUT2D eigenvalue weighted by Gasteiger charge is 2.57. The number of oxime groups is 1. The van der Waals surface area contributed by atoms with Gasteiger partial charge < -0.3 is 10.3 Å². The van der Waals surface area contributed by atoms with Gasteiger partial charge in [-0.15, -0.1) is 0 Å². The van der Waals surface area contributed by atoms with Crippen molar-refractivity contribution in [3.05, 3.63) is 11.6 Å². The predicted octanol–water partition coefficient (Wildman–Crippen LogP) is 4.14. The highest BCUT2D eigenvalue weighted by Crippen LogP contribution is 2.64. The Kier molecular flexibility index (Phi) is 3.24. The van der Waals surface area contributed by atoms with E-state index in [9.17, 15) is 10.3 Å². The lowest BCUT2D eigenvalue weighted by molar-refractivity contribution is -0.0213. The first-order valence-electron chi connectivity index (χ1n) is 9.08. The maximum atomic E-state index is 10.0. The summed E-state index contributed by atoms with van der Waals surface area (Å²) in [6.07, 6.45) is 11.1. The average molecular weight is 303 g/mol. The fourth-order valence-corrected chi connectivity index (χ4v) is 6.59. The first kappa shape index (κ1) is 14.7. The molecular weight excluding hydrogens is 274 g/mol. The largest absolute Gasteiger partial charge is 0.411 e. The second-order valence-corrected chi connectivity index (χ2v) is 8.70. The number of aliphatic hydroxyl groups is 1. The molecule has 122 valence electrons. The molecule has 22 heavy (non-hydrogen) atoms. The summed E-state index contributed by atoms with van der Waals surface area (Å²) in [6.45, 7) is 4.79. The molecule has 0 amide bonds. The van der Waals surface area contributed by atoms with E-state index in [4.69, 9.17) is 0 Å². The summed E-state index contributed by atoms with van der Waals surface area (Å²) >= 11 is 0. The molecule has 0 aromatic rings. The van der Waals surface area contributed by atoms with Crippen molar-refractivity contribution < 1.29 is 10.3 Å². The van der Waals surface area contributed by atoms with Crippen molar-refractivity contribution in [3.8, 4) is 0 Å². The van der Waals surface area contributed by atoms with E-state index in [0.717, 1.165) is 43.2 Å². The van der Waals surface area contributed by atoms with Crippen molar-refractivity contribution in [2.24, 2.45) is 33.7 Å². The van der Waals surface area contributed by atoms with Gasteiger partial charge in [-0.3, -0.25) is 0 Å². The molecule has 0 spiro atoms. The van der Waals surface area contributed by atoms with Crippen LogP contribution >= 0.6 is 0 Å². The molecule has 2 N–H and O–H groups in total. The molecule has 0 heterocycles. The Hall–Kier alpha value is -0.830. The molecule has 3 heteroatoms. The predicted molar refractivity (Wildman–Crippen MR) is 86.9 cm³/mol. The minimum absolute atomic E-state index is 0.121. The number of nitrogens with zero attached hydrogens (tertiary/aromatic N) is 1. The lowest BCUT2D eigenvalue weighted by Gasteiger charge is -2.57. The van der Waals surface area contributed by atoms with Crippen LogP contribution in [-0.4, -0.2) is 22.1 Å².